The van der Waals surface area contributed by atoms with Crippen molar-refractivity contribution in [2.75, 3.05) is 19.8 Å². The van der Waals surface area contributed by atoms with E-state index in [1.54, 1.807) is 0 Å². The average molecular weight is 424 g/mol. The fourth-order valence-electron chi connectivity index (χ4n) is 5.51. The first-order valence-corrected chi connectivity index (χ1v) is 11.3. The Morgan fingerprint density at radius 2 is 1.97 bits per heavy atom. The smallest absolute Gasteiger partial charge is 0.236 e. The summed E-state index contributed by atoms with van der Waals surface area (Å²) in [6, 6.07) is 7.41. The summed E-state index contributed by atoms with van der Waals surface area (Å²) in [4.78, 5) is 18.1. The minimum atomic E-state index is -0.582. The molecule has 6 heteroatoms. The van der Waals surface area contributed by atoms with Crippen molar-refractivity contribution >= 4 is 5.91 Å². The van der Waals surface area contributed by atoms with Crippen LogP contribution in [0.25, 0.3) is 0 Å². The molecule has 0 saturated carbocycles. The number of amides is 1. The van der Waals surface area contributed by atoms with Crippen LogP contribution in [0.3, 0.4) is 0 Å². The molecule has 2 unspecified atom stereocenters. The van der Waals surface area contributed by atoms with Gasteiger partial charge in [-0.2, -0.15) is 0 Å². The molecule has 164 valence electrons. The summed E-state index contributed by atoms with van der Waals surface area (Å²) in [6.45, 7) is 5.04. The fourth-order valence-corrected chi connectivity index (χ4v) is 5.51. The van der Waals surface area contributed by atoms with Crippen molar-refractivity contribution in [1.29, 1.82) is 0 Å². The number of carbonyl (C=O) groups excluding carboxylic acids is 1. The lowest BCUT2D eigenvalue weighted by atomic mass is 9.80. The standard InChI is InChI=1S/C25H30FN3O2/c1-2-25(10-12-28-11-4-3-5-23(25)28)24(30)27-20-13-21-16-31-17-22(14-20)29(21)15-18-6-8-19(26)9-7-18/h3-10,12,20-22H,2,11,13-17H2,1H3,(H,27,30)/t20?,21-,22+,25?. The van der Waals surface area contributed by atoms with E-state index >= 15 is 0 Å². The minimum Gasteiger partial charge on any atom is -0.378 e. The molecule has 1 aromatic rings. The van der Waals surface area contributed by atoms with E-state index in [-0.39, 0.29) is 29.8 Å². The fraction of sp³-hybridized carbons (Fsp3) is 0.480. The van der Waals surface area contributed by atoms with E-state index in [0.29, 0.717) is 13.2 Å². The Morgan fingerprint density at radius 1 is 1.23 bits per heavy atom. The molecule has 1 amide bonds. The maximum absolute atomic E-state index is 13.5. The molecular weight excluding hydrogens is 393 g/mol. The number of hydrogen-bond acceptors (Lipinski definition) is 4. The van der Waals surface area contributed by atoms with Gasteiger partial charge in [0.05, 0.1) is 13.2 Å². The van der Waals surface area contributed by atoms with Crippen LogP contribution in [-0.4, -0.2) is 53.6 Å². The zero-order valence-corrected chi connectivity index (χ0v) is 18.0. The van der Waals surface area contributed by atoms with Gasteiger partial charge in [-0.3, -0.25) is 9.69 Å². The SMILES string of the molecule is CCC1(C(=O)NC2C[C@H]3COC[C@@H](C2)N3Cc2ccc(F)cc2)C=CN2CC=CC=C21. The number of hydrogen-bond donors (Lipinski definition) is 1. The summed E-state index contributed by atoms with van der Waals surface area (Å²) in [5.74, 6) is -0.104. The molecule has 0 radical (unpaired) electrons. The van der Waals surface area contributed by atoms with Gasteiger partial charge in [-0.25, -0.2) is 4.39 Å². The van der Waals surface area contributed by atoms with Gasteiger partial charge < -0.3 is 15.0 Å². The zero-order valence-electron chi connectivity index (χ0n) is 18.0. The highest BCUT2D eigenvalue weighted by atomic mass is 19.1. The monoisotopic (exact) mass is 423 g/mol. The van der Waals surface area contributed by atoms with Crippen LogP contribution in [0.4, 0.5) is 4.39 Å². The Bertz CT molecular complexity index is 911. The average Bonchev–Trinajstić information content (AvgIpc) is 3.16. The number of halogens is 1. The topological polar surface area (TPSA) is 44.8 Å². The van der Waals surface area contributed by atoms with Crippen LogP contribution in [0.2, 0.25) is 0 Å². The van der Waals surface area contributed by atoms with Gasteiger partial charge in [0.2, 0.25) is 5.91 Å². The van der Waals surface area contributed by atoms with Crippen LogP contribution in [0.5, 0.6) is 0 Å². The van der Waals surface area contributed by atoms with E-state index in [1.807, 2.05) is 24.4 Å². The molecule has 2 saturated heterocycles. The van der Waals surface area contributed by atoms with Gasteiger partial charge in [-0.1, -0.05) is 31.2 Å². The van der Waals surface area contributed by atoms with Gasteiger partial charge in [-0.05, 0) is 49.1 Å². The number of ether oxygens (including phenoxy) is 1. The number of piperidine rings is 1. The van der Waals surface area contributed by atoms with Crippen molar-refractivity contribution in [3.8, 4) is 0 Å². The first-order valence-electron chi connectivity index (χ1n) is 11.3. The highest BCUT2D eigenvalue weighted by Gasteiger charge is 2.46. The number of nitrogens with one attached hydrogen (secondary N) is 1. The van der Waals surface area contributed by atoms with Crippen LogP contribution in [0.1, 0.15) is 31.7 Å². The first-order chi connectivity index (χ1) is 15.1. The highest BCUT2D eigenvalue weighted by Crippen LogP contribution is 2.42. The molecule has 4 atom stereocenters. The van der Waals surface area contributed by atoms with E-state index < -0.39 is 5.41 Å². The molecule has 0 aliphatic carbocycles. The second kappa shape index (κ2) is 8.24. The van der Waals surface area contributed by atoms with Gasteiger partial charge in [0.1, 0.15) is 11.2 Å². The van der Waals surface area contributed by atoms with Crippen molar-refractivity contribution in [3.05, 3.63) is 71.8 Å². The highest BCUT2D eigenvalue weighted by molar-refractivity contribution is 5.89. The second-order valence-corrected chi connectivity index (χ2v) is 9.06. The van der Waals surface area contributed by atoms with E-state index in [4.69, 9.17) is 4.74 Å². The van der Waals surface area contributed by atoms with Gasteiger partial charge in [0.15, 0.2) is 0 Å². The predicted molar refractivity (Wildman–Crippen MR) is 117 cm³/mol. The molecule has 5 nitrogen and oxygen atoms in total. The van der Waals surface area contributed by atoms with E-state index in [1.165, 1.54) is 12.1 Å². The zero-order chi connectivity index (χ0) is 21.4. The summed E-state index contributed by atoms with van der Waals surface area (Å²) >= 11 is 0. The number of morpholine rings is 1. The second-order valence-electron chi connectivity index (χ2n) is 9.06. The maximum atomic E-state index is 13.5. The molecule has 4 aliphatic heterocycles. The van der Waals surface area contributed by atoms with E-state index in [2.05, 4.69) is 40.3 Å². The molecule has 1 N–H and O–H groups in total. The Kier molecular flexibility index (Phi) is 5.44. The van der Waals surface area contributed by atoms with Crippen molar-refractivity contribution in [3.63, 3.8) is 0 Å². The first kappa shape index (κ1) is 20.5. The van der Waals surface area contributed by atoms with Gasteiger partial charge in [-0.15, -0.1) is 0 Å². The minimum absolute atomic E-state index is 0.103. The number of fused-ring (bicyclic) bond motifs is 3. The summed E-state index contributed by atoms with van der Waals surface area (Å²) in [6.07, 6.45) is 12.8. The Morgan fingerprint density at radius 3 is 2.68 bits per heavy atom. The molecule has 2 bridgehead atoms. The van der Waals surface area contributed by atoms with Crippen LogP contribution >= 0.6 is 0 Å². The summed E-state index contributed by atoms with van der Waals surface area (Å²) in [7, 11) is 0. The lowest BCUT2D eigenvalue weighted by Gasteiger charge is -2.49. The Balaban J connectivity index is 1.28. The van der Waals surface area contributed by atoms with Crippen molar-refractivity contribution in [2.45, 2.75) is 50.9 Å². The van der Waals surface area contributed by atoms with Crippen molar-refractivity contribution < 1.29 is 13.9 Å². The number of rotatable bonds is 5. The third-order valence-electron chi connectivity index (χ3n) is 7.25. The molecule has 31 heavy (non-hydrogen) atoms. The van der Waals surface area contributed by atoms with Crippen molar-refractivity contribution in [2.24, 2.45) is 5.41 Å². The van der Waals surface area contributed by atoms with Gasteiger partial charge in [0.25, 0.3) is 0 Å². The third-order valence-corrected chi connectivity index (χ3v) is 7.25. The number of benzene rings is 1. The molecule has 4 heterocycles. The largest absolute Gasteiger partial charge is 0.378 e. The molecule has 5 rings (SSSR count). The maximum Gasteiger partial charge on any atom is 0.236 e. The Labute approximate surface area is 183 Å². The normalized spacial score (nSPS) is 32.0. The molecule has 2 fully saturated rings. The number of allylic oxidation sites excluding steroid dienone is 2. The summed E-state index contributed by atoms with van der Waals surface area (Å²) in [5.41, 5.74) is 1.60. The van der Waals surface area contributed by atoms with Gasteiger partial charge >= 0.3 is 0 Å². The molecular formula is C25H30FN3O2. The lowest BCUT2D eigenvalue weighted by molar-refractivity contribution is -0.130. The van der Waals surface area contributed by atoms with Gasteiger partial charge in [0, 0.05) is 43.1 Å². The molecule has 0 spiro atoms. The lowest BCUT2D eigenvalue weighted by Crippen LogP contribution is -2.61. The van der Waals surface area contributed by atoms with E-state index in [9.17, 15) is 9.18 Å². The Hall–Kier alpha value is -2.44. The van der Waals surface area contributed by atoms with Crippen LogP contribution < -0.4 is 5.32 Å². The summed E-state index contributed by atoms with van der Waals surface area (Å²) < 4.78 is 19.1. The molecule has 4 aliphatic rings. The van der Waals surface area contributed by atoms with E-state index in [0.717, 1.165) is 43.6 Å². The quantitative estimate of drug-likeness (QED) is 0.789. The summed E-state index contributed by atoms with van der Waals surface area (Å²) in [5, 5.41) is 3.39. The van der Waals surface area contributed by atoms with Crippen LogP contribution in [0.15, 0.2) is 60.5 Å². The molecule has 0 aromatic heterocycles. The van der Waals surface area contributed by atoms with Crippen LogP contribution in [0, 0.1) is 11.2 Å². The number of carbonyl (C=O) groups is 1. The third kappa shape index (κ3) is 3.72. The van der Waals surface area contributed by atoms with Crippen molar-refractivity contribution in [1.82, 2.24) is 15.1 Å². The molecule has 1 aromatic carbocycles. The number of nitrogens with zero attached hydrogens (tertiary/aromatic N) is 2. The predicted octanol–water partition coefficient (Wildman–Crippen LogP) is 3.35. The van der Waals surface area contributed by atoms with Crippen LogP contribution in [-0.2, 0) is 16.1 Å².